The summed E-state index contributed by atoms with van der Waals surface area (Å²) < 4.78 is 9.64. The quantitative estimate of drug-likeness (QED) is 0.0774. The largest absolute Gasteiger partial charge is 0.550 e. The van der Waals surface area contributed by atoms with Crippen molar-refractivity contribution in [3.05, 3.63) is 0 Å². The van der Waals surface area contributed by atoms with Gasteiger partial charge in [0.1, 0.15) is 0 Å². The molecule has 3 unspecified atom stereocenters. The summed E-state index contributed by atoms with van der Waals surface area (Å²) in [4.78, 5) is 66.3. The van der Waals surface area contributed by atoms with Gasteiger partial charge in [0, 0.05) is 0 Å². The van der Waals surface area contributed by atoms with Crippen molar-refractivity contribution in [2.24, 2.45) is 17.3 Å². The maximum atomic E-state index is 13.2. The molecule has 0 amide bonds. The lowest BCUT2D eigenvalue weighted by Crippen LogP contribution is -2.43. The molecule has 10 nitrogen and oxygen atoms in total. The van der Waals surface area contributed by atoms with Crippen LogP contribution in [0.25, 0.3) is 0 Å². The standard InChI is InChI=1S/C30H52O10/c1-7-8-9-14-17-25-20-19-24(21-30(25,6)27(32)38-40-29(34)36-23(4)5)16-13-11-10-12-15-18-26(31)37-39-28(33)35-22(2)3/h22-25H,7-21H2,1-6H3. The van der Waals surface area contributed by atoms with Crippen LogP contribution < -0.4 is 0 Å². The molecule has 1 rings (SSSR count). The van der Waals surface area contributed by atoms with Crippen LogP contribution in [0, 0.1) is 17.3 Å². The van der Waals surface area contributed by atoms with Crippen molar-refractivity contribution in [3.63, 3.8) is 0 Å². The van der Waals surface area contributed by atoms with E-state index in [-0.39, 0.29) is 24.5 Å². The number of hydrogen-bond donors (Lipinski definition) is 0. The molecule has 0 heterocycles. The van der Waals surface area contributed by atoms with E-state index in [1.807, 2.05) is 6.92 Å². The third-order valence-electron chi connectivity index (χ3n) is 7.45. The van der Waals surface area contributed by atoms with Gasteiger partial charge in [-0.3, -0.25) is 0 Å². The van der Waals surface area contributed by atoms with Gasteiger partial charge in [-0.05, 0) is 72.1 Å². The Morgan fingerprint density at radius 3 is 1.88 bits per heavy atom. The predicted octanol–water partition coefficient (Wildman–Crippen LogP) is 8.15. The maximum Gasteiger partial charge on any atom is 0.550 e. The number of rotatable bonds is 16. The second-order valence-electron chi connectivity index (χ2n) is 11.7. The van der Waals surface area contributed by atoms with Gasteiger partial charge in [-0.1, -0.05) is 71.1 Å². The number of carbonyl (C=O) groups excluding carboxylic acids is 4. The van der Waals surface area contributed by atoms with E-state index in [4.69, 9.17) is 14.4 Å². The molecule has 1 fully saturated rings. The van der Waals surface area contributed by atoms with Crippen molar-refractivity contribution < 1.29 is 48.2 Å². The first kappa shape index (κ1) is 35.5. The molecule has 0 N–H and O–H groups in total. The molecule has 0 bridgehead atoms. The van der Waals surface area contributed by atoms with Gasteiger partial charge in [-0.2, -0.15) is 9.59 Å². The lowest BCUT2D eigenvalue weighted by molar-refractivity contribution is -0.259. The lowest BCUT2D eigenvalue weighted by Gasteiger charge is -2.42. The van der Waals surface area contributed by atoms with Crippen molar-refractivity contribution in [2.45, 2.75) is 150 Å². The van der Waals surface area contributed by atoms with Crippen LogP contribution in [0.5, 0.6) is 0 Å². The Labute approximate surface area is 240 Å². The fourth-order valence-electron chi connectivity index (χ4n) is 5.35. The third-order valence-corrected chi connectivity index (χ3v) is 7.45. The van der Waals surface area contributed by atoms with Crippen molar-refractivity contribution in [1.29, 1.82) is 0 Å². The predicted molar refractivity (Wildman–Crippen MR) is 148 cm³/mol. The number of unbranched alkanes of at least 4 members (excludes halogenated alkanes) is 7. The molecule has 0 aromatic carbocycles. The van der Waals surface area contributed by atoms with Gasteiger partial charge in [0.25, 0.3) is 0 Å². The zero-order valence-corrected chi connectivity index (χ0v) is 25.5. The average molecular weight is 573 g/mol. The molecule has 3 atom stereocenters. The molecule has 40 heavy (non-hydrogen) atoms. The Morgan fingerprint density at radius 2 is 1.25 bits per heavy atom. The third kappa shape index (κ3) is 14.7. The van der Waals surface area contributed by atoms with Crippen LogP contribution in [0.3, 0.4) is 0 Å². The van der Waals surface area contributed by atoms with Crippen LogP contribution in [0.1, 0.15) is 138 Å². The summed E-state index contributed by atoms with van der Waals surface area (Å²) in [6.45, 7) is 10.9. The summed E-state index contributed by atoms with van der Waals surface area (Å²) in [5.41, 5.74) is -0.711. The van der Waals surface area contributed by atoms with E-state index in [1.54, 1.807) is 27.7 Å². The minimum atomic E-state index is -1.03. The van der Waals surface area contributed by atoms with Gasteiger partial charge in [-0.15, -0.1) is 0 Å². The summed E-state index contributed by atoms with van der Waals surface area (Å²) >= 11 is 0. The van der Waals surface area contributed by atoms with E-state index in [0.29, 0.717) is 18.8 Å². The topological polar surface area (TPSA) is 124 Å². The highest BCUT2D eigenvalue weighted by Gasteiger charge is 2.47. The number of hydrogen-bond acceptors (Lipinski definition) is 10. The molecule has 0 saturated heterocycles. The molecule has 0 aromatic heterocycles. The van der Waals surface area contributed by atoms with Crippen molar-refractivity contribution in [2.75, 3.05) is 0 Å². The Morgan fingerprint density at radius 1 is 0.700 bits per heavy atom. The minimum absolute atomic E-state index is 0.171. The SMILES string of the molecule is CCCCCCC1CCC(CCCCCCCC(=O)OOC(=O)OC(C)C)CC1(C)C(=O)OOC(=O)OC(C)C. The summed E-state index contributed by atoms with van der Waals surface area (Å²) in [6.07, 6.45) is 11.2. The van der Waals surface area contributed by atoms with Crippen LogP contribution in [0.15, 0.2) is 0 Å². The van der Waals surface area contributed by atoms with Crippen LogP contribution in [0.2, 0.25) is 0 Å². The number of carbonyl (C=O) groups is 4. The first-order chi connectivity index (χ1) is 19.0. The highest BCUT2D eigenvalue weighted by molar-refractivity contribution is 5.77. The van der Waals surface area contributed by atoms with Gasteiger partial charge in [-0.25, -0.2) is 29.1 Å². The average Bonchev–Trinajstić information content (AvgIpc) is 2.88. The first-order valence-corrected chi connectivity index (χ1v) is 15.1. The molecule has 1 saturated carbocycles. The monoisotopic (exact) mass is 572 g/mol. The highest BCUT2D eigenvalue weighted by Crippen LogP contribution is 2.48. The Hall–Kier alpha value is -2.52. The van der Waals surface area contributed by atoms with Gasteiger partial charge in [0.2, 0.25) is 0 Å². The fourth-order valence-corrected chi connectivity index (χ4v) is 5.35. The van der Waals surface area contributed by atoms with Crippen LogP contribution in [-0.2, 0) is 38.6 Å². The Balaban J connectivity index is 2.44. The van der Waals surface area contributed by atoms with Gasteiger partial charge in [0.05, 0.1) is 24.0 Å². The second kappa shape index (κ2) is 19.5. The molecule has 1 aliphatic carbocycles. The Bertz CT molecular complexity index is 766. The van der Waals surface area contributed by atoms with E-state index < -0.39 is 29.7 Å². The molecular formula is C30H52O10. The van der Waals surface area contributed by atoms with E-state index >= 15 is 0 Å². The minimum Gasteiger partial charge on any atom is -0.429 e. The van der Waals surface area contributed by atoms with Crippen molar-refractivity contribution in [1.82, 2.24) is 0 Å². The van der Waals surface area contributed by atoms with Crippen molar-refractivity contribution >= 4 is 24.2 Å². The summed E-state index contributed by atoms with van der Waals surface area (Å²) in [7, 11) is 0. The van der Waals surface area contributed by atoms with Crippen molar-refractivity contribution in [3.8, 4) is 0 Å². The van der Waals surface area contributed by atoms with Crippen LogP contribution in [-0.4, -0.2) is 36.5 Å². The molecular weight excluding hydrogens is 520 g/mol. The summed E-state index contributed by atoms with van der Waals surface area (Å²) in [6, 6.07) is 0. The highest BCUT2D eigenvalue weighted by atomic mass is 17.2. The zero-order valence-electron chi connectivity index (χ0n) is 25.5. The van der Waals surface area contributed by atoms with Crippen LogP contribution >= 0.6 is 0 Å². The molecule has 0 spiro atoms. The smallest absolute Gasteiger partial charge is 0.429 e. The Kier molecular flexibility index (Phi) is 17.3. The maximum absolute atomic E-state index is 13.2. The van der Waals surface area contributed by atoms with E-state index in [9.17, 15) is 19.2 Å². The molecule has 0 radical (unpaired) electrons. The fraction of sp³-hybridized carbons (Fsp3) is 0.867. The van der Waals surface area contributed by atoms with E-state index in [1.165, 1.54) is 6.42 Å². The molecule has 232 valence electrons. The zero-order chi connectivity index (χ0) is 30.0. The van der Waals surface area contributed by atoms with Gasteiger partial charge < -0.3 is 9.47 Å². The van der Waals surface area contributed by atoms with E-state index in [0.717, 1.165) is 70.6 Å². The number of ether oxygens (including phenoxy) is 2. The van der Waals surface area contributed by atoms with Gasteiger partial charge >= 0.3 is 24.2 Å². The lowest BCUT2D eigenvalue weighted by atomic mass is 9.61. The normalized spacial score (nSPS) is 20.6. The molecule has 1 aliphatic rings. The van der Waals surface area contributed by atoms with E-state index in [2.05, 4.69) is 21.6 Å². The van der Waals surface area contributed by atoms with Crippen LogP contribution in [0.4, 0.5) is 9.59 Å². The molecule has 0 aromatic rings. The summed E-state index contributed by atoms with van der Waals surface area (Å²) in [5, 5.41) is 0. The first-order valence-electron chi connectivity index (χ1n) is 15.1. The van der Waals surface area contributed by atoms with Gasteiger partial charge in [0.15, 0.2) is 0 Å². The second-order valence-corrected chi connectivity index (χ2v) is 11.7. The molecule has 10 heteroatoms. The molecule has 0 aliphatic heterocycles. The summed E-state index contributed by atoms with van der Waals surface area (Å²) in [5.74, 6) is -0.509.